The van der Waals surface area contributed by atoms with E-state index in [1.165, 1.54) is 0 Å². The van der Waals surface area contributed by atoms with E-state index < -0.39 is 32.0 Å². The zero-order valence-electron chi connectivity index (χ0n) is 25.2. The van der Waals surface area contributed by atoms with E-state index in [4.69, 9.17) is 19.8 Å². The number of benzene rings is 2. The van der Waals surface area contributed by atoms with E-state index >= 15 is 0 Å². The Hall–Kier alpha value is -2.92. The lowest BCUT2D eigenvalue weighted by atomic mass is 10.2. The van der Waals surface area contributed by atoms with Crippen molar-refractivity contribution in [1.82, 2.24) is 24.6 Å². The second-order valence-corrected chi connectivity index (χ2v) is 12.9. The highest BCUT2D eigenvalue weighted by atomic mass is 32.2. The van der Waals surface area contributed by atoms with Crippen LogP contribution in [-0.4, -0.2) is 101 Å². The minimum Gasteiger partial charge on any atom is -0.473 e. The molecule has 0 unspecified atom stereocenters. The first-order chi connectivity index (χ1) is 20.3. The molecule has 0 saturated heterocycles. The van der Waals surface area contributed by atoms with E-state index in [2.05, 4.69) is 52.3 Å². The average molecular weight is 644 g/mol. The Balaban J connectivity index is 0.00000139. The normalized spacial score (nSPS) is 11.8. The Kier molecular flexibility index (Phi) is 17.2. The first-order valence-corrected chi connectivity index (χ1v) is 17.0. The molecule has 0 atom stereocenters. The number of rotatable bonds is 18. The van der Waals surface area contributed by atoms with Crippen LogP contribution < -0.4 is 14.8 Å². The topological polar surface area (TPSA) is 185 Å². The van der Waals surface area contributed by atoms with Crippen LogP contribution in [0.5, 0.6) is 0 Å². The van der Waals surface area contributed by atoms with Crippen LogP contribution in [0.4, 0.5) is 0 Å². The van der Waals surface area contributed by atoms with Crippen LogP contribution in [0.2, 0.25) is 0 Å². The molecule has 0 spiro atoms. The fourth-order valence-electron chi connectivity index (χ4n) is 3.85. The molecule has 0 heterocycles. The van der Waals surface area contributed by atoms with Crippen LogP contribution in [0.3, 0.4) is 0 Å². The smallest absolute Gasteiger partial charge is 0.414 e. The zero-order valence-corrected chi connectivity index (χ0v) is 26.9. The van der Waals surface area contributed by atoms with Crippen molar-refractivity contribution in [1.29, 1.82) is 0 Å². The summed E-state index contributed by atoms with van der Waals surface area (Å²) in [6.07, 6.45) is 0. The summed E-state index contributed by atoms with van der Waals surface area (Å²) in [5, 5.41) is 18.1. The molecule has 0 saturated carbocycles. The summed E-state index contributed by atoms with van der Waals surface area (Å²) in [4.78, 5) is 23.0. The molecular formula is C28H45N5O8S2. The Labute approximate surface area is 255 Å². The number of hydrogen-bond donors (Lipinski definition) is 5. The van der Waals surface area contributed by atoms with Gasteiger partial charge in [0.05, 0.1) is 9.79 Å². The molecule has 0 aliphatic heterocycles. The van der Waals surface area contributed by atoms with Gasteiger partial charge in [-0.05, 0) is 61.6 Å². The first-order valence-electron chi connectivity index (χ1n) is 14.1. The second kappa shape index (κ2) is 19.4. The van der Waals surface area contributed by atoms with Gasteiger partial charge in [-0.1, -0.05) is 52.0 Å². The maximum absolute atomic E-state index is 12.5. The molecule has 15 heteroatoms. The zero-order chi connectivity index (χ0) is 32.5. The van der Waals surface area contributed by atoms with Gasteiger partial charge in [-0.2, -0.15) is 0 Å². The summed E-state index contributed by atoms with van der Waals surface area (Å²) < 4.78 is 55.4. The van der Waals surface area contributed by atoms with Crippen molar-refractivity contribution in [2.75, 3.05) is 52.4 Å². The van der Waals surface area contributed by atoms with Gasteiger partial charge in [0.25, 0.3) is 0 Å². The molecule has 2 rings (SSSR count). The van der Waals surface area contributed by atoms with Gasteiger partial charge in [-0.3, -0.25) is 0 Å². The first kappa shape index (κ1) is 38.1. The number of hydrogen-bond acceptors (Lipinski definition) is 9. The molecule has 0 aliphatic carbocycles. The Morgan fingerprint density at radius 3 is 1.16 bits per heavy atom. The number of carboxylic acid groups (broad SMARTS) is 2. The molecule has 13 nitrogen and oxygen atoms in total. The third-order valence-electron chi connectivity index (χ3n) is 6.54. The fraction of sp³-hybridized carbons (Fsp3) is 0.500. The van der Waals surface area contributed by atoms with E-state index in [1.807, 2.05) is 0 Å². The van der Waals surface area contributed by atoms with Gasteiger partial charge in [0.2, 0.25) is 20.0 Å². The quantitative estimate of drug-likeness (QED) is 0.148. The van der Waals surface area contributed by atoms with Gasteiger partial charge in [0, 0.05) is 39.3 Å². The molecule has 0 aromatic heterocycles. The van der Waals surface area contributed by atoms with E-state index in [9.17, 15) is 16.8 Å². The van der Waals surface area contributed by atoms with E-state index in [-0.39, 0.29) is 9.79 Å². The van der Waals surface area contributed by atoms with Crippen molar-refractivity contribution in [3.05, 3.63) is 59.7 Å². The van der Waals surface area contributed by atoms with Gasteiger partial charge < -0.3 is 25.3 Å². The molecule has 43 heavy (non-hydrogen) atoms. The number of carboxylic acids is 2. The Morgan fingerprint density at radius 2 is 0.907 bits per heavy atom. The van der Waals surface area contributed by atoms with Crippen molar-refractivity contribution >= 4 is 32.0 Å². The monoisotopic (exact) mass is 643 g/mol. The fourth-order valence-corrected chi connectivity index (χ4v) is 5.89. The van der Waals surface area contributed by atoms with Crippen molar-refractivity contribution in [2.45, 2.75) is 50.6 Å². The largest absolute Gasteiger partial charge is 0.473 e. The van der Waals surface area contributed by atoms with Gasteiger partial charge in [-0.15, -0.1) is 0 Å². The van der Waals surface area contributed by atoms with Crippen molar-refractivity contribution in [3.8, 4) is 0 Å². The molecule has 0 fully saturated rings. The Morgan fingerprint density at radius 1 is 0.605 bits per heavy atom. The highest BCUT2D eigenvalue weighted by molar-refractivity contribution is 7.89. The van der Waals surface area contributed by atoms with Crippen molar-refractivity contribution in [2.24, 2.45) is 0 Å². The highest BCUT2D eigenvalue weighted by Crippen LogP contribution is 2.12. The molecule has 0 amide bonds. The number of likely N-dealkylation sites (N-methyl/N-ethyl adjacent to an activating group) is 2. The number of aliphatic carboxylic acids is 2. The van der Waals surface area contributed by atoms with E-state index in [0.717, 1.165) is 37.3 Å². The molecule has 2 aromatic carbocycles. The standard InChI is InChI=1S/C26H43N5O4S2.C2H2O4/c1-5-30(6-2)19-17-28-36(32,33)25-13-9-23(10-14-25)21-27-22-24-11-15-26(16-12-24)37(34,35)29-18-20-31(7-3)8-4;3-1(4)2(5)6/h9-16,27-29H,5-8,17-22H2,1-4H3;(H,3,4)(H,5,6). The maximum atomic E-state index is 12.5. The summed E-state index contributed by atoms with van der Waals surface area (Å²) in [7, 11) is -7.07. The van der Waals surface area contributed by atoms with Crippen LogP contribution in [-0.2, 0) is 42.7 Å². The third-order valence-corrected chi connectivity index (χ3v) is 9.49. The van der Waals surface area contributed by atoms with Crippen molar-refractivity contribution < 1.29 is 36.6 Å². The summed E-state index contributed by atoms with van der Waals surface area (Å²) in [5.41, 5.74) is 1.91. The SMILES string of the molecule is CCN(CC)CCNS(=O)(=O)c1ccc(CNCc2ccc(S(=O)(=O)NCCN(CC)CC)cc2)cc1.O=C(O)C(=O)O. The van der Waals surface area contributed by atoms with Crippen LogP contribution in [0.25, 0.3) is 0 Å². The molecular weight excluding hydrogens is 598 g/mol. The maximum Gasteiger partial charge on any atom is 0.414 e. The van der Waals surface area contributed by atoms with Crippen LogP contribution in [0, 0.1) is 0 Å². The lowest BCUT2D eigenvalue weighted by Crippen LogP contribution is -2.34. The molecule has 242 valence electrons. The molecule has 0 radical (unpaired) electrons. The summed E-state index contributed by atoms with van der Waals surface area (Å²) in [6, 6.07) is 13.6. The Bertz CT molecular complexity index is 1220. The lowest BCUT2D eigenvalue weighted by molar-refractivity contribution is -0.159. The van der Waals surface area contributed by atoms with Gasteiger partial charge >= 0.3 is 11.9 Å². The minimum absolute atomic E-state index is 0.248. The number of carbonyl (C=O) groups is 2. The number of sulfonamides is 2. The molecule has 2 aromatic rings. The van der Waals surface area contributed by atoms with Crippen LogP contribution in [0.1, 0.15) is 38.8 Å². The number of nitrogens with one attached hydrogen (secondary N) is 3. The summed E-state index contributed by atoms with van der Waals surface area (Å²) >= 11 is 0. The lowest BCUT2D eigenvalue weighted by Gasteiger charge is -2.18. The van der Waals surface area contributed by atoms with E-state index in [1.54, 1.807) is 48.5 Å². The van der Waals surface area contributed by atoms with Gasteiger partial charge in [0.15, 0.2) is 0 Å². The minimum atomic E-state index is -3.54. The second-order valence-electron chi connectivity index (χ2n) is 9.35. The molecule has 0 aliphatic rings. The summed E-state index contributed by atoms with van der Waals surface area (Å²) in [6.45, 7) is 15.0. The highest BCUT2D eigenvalue weighted by Gasteiger charge is 2.15. The van der Waals surface area contributed by atoms with Crippen LogP contribution in [0.15, 0.2) is 58.3 Å². The van der Waals surface area contributed by atoms with Gasteiger partial charge in [-0.25, -0.2) is 35.9 Å². The predicted molar refractivity (Wildman–Crippen MR) is 165 cm³/mol. The third kappa shape index (κ3) is 14.4. The molecule has 5 N–H and O–H groups in total. The van der Waals surface area contributed by atoms with Crippen LogP contribution >= 0.6 is 0 Å². The van der Waals surface area contributed by atoms with E-state index in [0.29, 0.717) is 39.3 Å². The van der Waals surface area contributed by atoms with Crippen molar-refractivity contribution in [3.63, 3.8) is 0 Å². The summed E-state index contributed by atoms with van der Waals surface area (Å²) in [5.74, 6) is -3.65. The predicted octanol–water partition coefficient (Wildman–Crippen LogP) is 1.37. The van der Waals surface area contributed by atoms with Gasteiger partial charge in [0.1, 0.15) is 0 Å². The number of nitrogens with zero attached hydrogens (tertiary/aromatic N) is 2. The average Bonchev–Trinajstić information content (AvgIpc) is 2.98. The molecule has 0 bridgehead atoms.